The Bertz CT molecular complexity index is 548. The lowest BCUT2D eigenvalue weighted by Crippen LogP contribution is -2.29. The molecule has 0 aliphatic carbocycles. The van der Waals surface area contributed by atoms with E-state index < -0.39 is 5.56 Å². The van der Waals surface area contributed by atoms with E-state index >= 15 is 0 Å². The van der Waals surface area contributed by atoms with E-state index in [-0.39, 0.29) is 48.5 Å². The number of nitrogens with one attached hydrogen (secondary N) is 2. The van der Waals surface area contributed by atoms with Gasteiger partial charge in [0.25, 0.3) is 5.56 Å². The number of nitrogens with two attached hydrogens (primary N) is 1. The second-order valence-electron chi connectivity index (χ2n) is 3.46. The van der Waals surface area contributed by atoms with Crippen molar-refractivity contribution in [3.63, 3.8) is 0 Å². The number of hydrogen-bond acceptors (Lipinski definition) is 7. The molecule has 0 saturated heterocycles. The Morgan fingerprint density at radius 3 is 3.00 bits per heavy atom. The van der Waals surface area contributed by atoms with Crippen molar-refractivity contribution in [2.45, 2.75) is 6.42 Å². The highest BCUT2D eigenvalue weighted by atomic mass is 16.3. The van der Waals surface area contributed by atoms with E-state index in [4.69, 9.17) is 10.8 Å². The van der Waals surface area contributed by atoms with Crippen LogP contribution in [0.15, 0.2) is 9.79 Å². The molecule has 0 aromatic carbocycles. The van der Waals surface area contributed by atoms with E-state index in [0.29, 0.717) is 0 Å². The molecule has 0 amide bonds. The van der Waals surface area contributed by atoms with Gasteiger partial charge in [0.2, 0.25) is 5.95 Å². The highest BCUT2D eigenvalue weighted by molar-refractivity contribution is 6.42. The summed E-state index contributed by atoms with van der Waals surface area (Å²) < 4.78 is 0. The smallest absolute Gasteiger partial charge is 0.280 e. The Hall–Kier alpha value is -2.22. The van der Waals surface area contributed by atoms with Gasteiger partial charge in [0.15, 0.2) is 17.3 Å². The fourth-order valence-corrected chi connectivity index (χ4v) is 1.46. The summed E-state index contributed by atoms with van der Waals surface area (Å²) in [5, 5.41) is 11.4. The maximum atomic E-state index is 11.5. The molecular formula is C9H11N5O3. The number of aromatic nitrogens is 2. The van der Waals surface area contributed by atoms with Crippen LogP contribution in [0.4, 0.5) is 17.5 Å². The molecule has 2 rings (SSSR count). The minimum atomic E-state index is -0.506. The van der Waals surface area contributed by atoms with Gasteiger partial charge in [0.1, 0.15) is 5.71 Å². The van der Waals surface area contributed by atoms with Crippen LogP contribution in [-0.4, -0.2) is 39.7 Å². The number of H-pyrrole nitrogens is 1. The van der Waals surface area contributed by atoms with Crippen LogP contribution in [0.25, 0.3) is 0 Å². The molecule has 1 aliphatic heterocycles. The largest absolute Gasteiger partial charge is 0.396 e. The maximum Gasteiger partial charge on any atom is 0.280 e. The second-order valence-corrected chi connectivity index (χ2v) is 3.46. The van der Waals surface area contributed by atoms with Gasteiger partial charge in [-0.05, 0) is 0 Å². The highest BCUT2D eigenvalue weighted by Gasteiger charge is 2.20. The minimum absolute atomic E-state index is 0.0124. The Morgan fingerprint density at radius 2 is 2.29 bits per heavy atom. The number of carbonyl (C=O) groups is 1. The predicted octanol–water partition coefficient (Wildman–Crippen LogP) is -1.20. The summed E-state index contributed by atoms with van der Waals surface area (Å²) in [6.45, 7) is -0.0806. The number of rotatable bonds is 3. The van der Waals surface area contributed by atoms with E-state index in [0.717, 1.165) is 0 Å². The fraction of sp³-hybridized carbons (Fsp3) is 0.333. The molecule has 8 heteroatoms. The Labute approximate surface area is 95.6 Å². The summed E-state index contributed by atoms with van der Waals surface area (Å²) >= 11 is 0. The summed E-state index contributed by atoms with van der Waals surface area (Å²) in [4.78, 5) is 33.1. The number of fused-ring (bicyclic) bond motifs is 1. The molecule has 90 valence electrons. The summed E-state index contributed by atoms with van der Waals surface area (Å²) in [6, 6.07) is 0. The maximum absolute atomic E-state index is 11.5. The first-order valence-corrected chi connectivity index (χ1v) is 4.97. The monoisotopic (exact) mass is 237 g/mol. The van der Waals surface area contributed by atoms with Crippen LogP contribution in [0.5, 0.6) is 0 Å². The number of Topliss-reactive ketones (excluding diaryl/α,β-unsaturated/α-hetero) is 1. The van der Waals surface area contributed by atoms with E-state index in [1.165, 1.54) is 0 Å². The Balaban J connectivity index is 2.41. The number of hydrogen-bond donors (Lipinski definition) is 4. The van der Waals surface area contributed by atoms with Gasteiger partial charge in [0, 0.05) is 6.42 Å². The van der Waals surface area contributed by atoms with Gasteiger partial charge in [0.05, 0.1) is 13.2 Å². The molecule has 17 heavy (non-hydrogen) atoms. The molecule has 0 fully saturated rings. The molecule has 1 aliphatic rings. The average Bonchev–Trinajstić information content (AvgIpc) is 2.28. The SMILES string of the molecule is Nc1nc2c(c(=O)[nH]1)N=C(C(=O)CCO)CN2. The predicted molar refractivity (Wildman–Crippen MR) is 61.6 cm³/mol. The normalized spacial score (nSPS) is 13.6. The van der Waals surface area contributed by atoms with Crippen LogP contribution in [-0.2, 0) is 4.79 Å². The van der Waals surface area contributed by atoms with E-state index in [2.05, 4.69) is 20.3 Å². The van der Waals surface area contributed by atoms with Gasteiger partial charge >= 0.3 is 0 Å². The highest BCUT2D eigenvalue weighted by Crippen LogP contribution is 2.21. The summed E-state index contributed by atoms with van der Waals surface area (Å²) in [5.74, 6) is -0.0599. The molecule has 1 aromatic heterocycles. The zero-order chi connectivity index (χ0) is 12.4. The molecule has 0 saturated carbocycles. The number of aromatic amines is 1. The molecule has 0 spiro atoms. The molecule has 0 radical (unpaired) electrons. The molecule has 0 unspecified atom stereocenters. The molecule has 0 atom stereocenters. The number of carbonyl (C=O) groups excluding carboxylic acids is 1. The van der Waals surface area contributed by atoms with Gasteiger partial charge in [-0.25, -0.2) is 4.99 Å². The molecular weight excluding hydrogens is 226 g/mol. The third-order valence-electron chi connectivity index (χ3n) is 2.24. The lowest BCUT2D eigenvalue weighted by atomic mass is 10.1. The lowest BCUT2D eigenvalue weighted by Gasteiger charge is -2.15. The number of nitrogen functional groups attached to an aromatic ring is 1. The van der Waals surface area contributed by atoms with Crippen molar-refractivity contribution < 1.29 is 9.90 Å². The Morgan fingerprint density at radius 1 is 1.53 bits per heavy atom. The van der Waals surface area contributed by atoms with Gasteiger partial charge in [-0.15, -0.1) is 0 Å². The van der Waals surface area contributed by atoms with Crippen molar-refractivity contribution in [1.82, 2.24) is 9.97 Å². The number of ketones is 1. The zero-order valence-electron chi connectivity index (χ0n) is 8.86. The lowest BCUT2D eigenvalue weighted by molar-refractivity contribution is -0.113. The standard InChI is InChI=1S/C9H11N5O3/c10-9-13-7-6(8(17)14-9)12-4(3-11-7)5(16)1-2-15/h15H,1-3H2,(H4,10,11,13,14,17). The number of aliphatic hydroxyl groups excluding tert-OH is 1. The van der Waals surface area contributed by atoms with Crippen LogP contribution in [0.1, 0.15) is 6.42 Å². The van der Waals surface area contributed by atoms with E-state index in [1.807, 2.05) is 0 Å². The van der Waals surface area contributed by atoms with E-state index in [1.54, 1.807) is 0 Å². The van der Waals surface area contributed by atoms with Crippen molar-refractivity contribution in [2.75, 3.05) is 24.2 Å². The van der Waals surface area contributed by atoms with Crippen LogP contribution < -0.4 is 16.6 Å². The fourth-order valence-electron chi connectivity index (χ4n) is 1.46. The van der Waals surface area contributed by atoms with Gasteiger partial charge in [-0.3, -0.25) is 14.6 Å². The molecule has 2 heterocycles. The van der Waals surface area contributed by atoms with Crippen molar-refractivity contribution in [2.24, 2.45) is 4.99 Å². The number of anilines is 2. The summed E-state index contributed by atoms with van der Waals surface area (Å²) in [5.41, 5.74) is 5.10. The van der Waals surface area contributed by atoms with Gasteiger partial charge in [-0.1, -0.05) is 0 Å². The first-order valence-electron chi connectivity index (χ1n) is 4.97. The van der Waals surface area contributed by atoms with E-state index in [9.17, 15) is 9.59 Å². The van der Waals surface area contributed by atoms with Gasteiger partial charge < -0.3 is 16.2 Å². The first kappa shape index (κ1) is 11.3. The first-order chi connectivity index (χ1) is 8.11. The van der Waals surface area contributed by atoms with Crippen molar-refractivity contribution in [1.29, 1.82) is 0 Å². The van der Waals surface area contributed by atoms with Gasteiger partial charge in [-0.2, -0.15) is 4.98 Å². The van der Waals surface area contributed by atoms with Crippen molar-refractivity contribution >= 4 is 28.9 Å². The van der Waals surface area contributed by atoms with Crippen LogP contribution in [0.3, 0.4) is 0 Å². The molecule has 0 bridgehead atoms. The third kappa shape index (κ3) is 2.16. The number of aliphatic hydroxyl groups is 1. The molecule has 5 N–H and O–H groups in total. The number of aliphatic imine (C=N–C) groups is 1. The quantitative estimate of drug-likeness (QED) is 0.522. The topological polar surface area (TPSA) is 133 Å². The zero-order valence-corrected chi connectivity index (χ0v) is 8.86. The summed E-state index contributed by atoms with van der Waals surface area (Å²) in [6.07, 6.45) is -0.0177. The van der Waals surface area contributed by atoms with Crippen molar-refractivity contribution in [3.8, 4) is 0 Å². The number of nitrogens with zero attached hydrogens (tertiary/aromatic N) is 2. The minimum Gasteiger partial charge on any atom is -0.396 e. The van der Waals surface area contributed by atoms with Crippen molar-refractivity contribution in [3.05, 3.63) is 10.4 Å². The third-order valence-corrected chi connectivity index (χ3v) is 2.24. The molecule has 8 nitrogen and oxygen atoms in total. The molecule has 1 aromatic rings. The Kier molecular flexibility index (Phi) is 2.88. The van der Waals surface area contributed by atoms with Crippen LogP contribution >= 0.6 is 0 Å². The average molecular weight is 237 g/mol. The van der Waals surface area contributed by atoms with Crippen LogP contribution in [0, 0.1) is 0 Å². The second kappa shape index (κ2) is 4.34. The summed E-state index contributed by atoms with van der Waals surface area (Å²) in [7, 11) is 0. The van der Waals surface area contributed by atoms with Crippen LogP contribution in [0.2, 0.25) is 0 Å².